The maximum atomic E-state index is 11.2. The van der Waals surface area contributed by atoms with Crippen LogP contribution in [0.5, 0.6) is 0 Å². The van der Waals surface area contributed by atoms with E-state index in [2.05, 4.69) is 17.1 Å². The van der Waals surface area contributed by atoms with E-state index < -0.39 is 11.9 Å². The Hall–Kier alpha value is -2.33. The SMILES string of the molecule is O=c1[nH]c2ccc(C(O)C3Cc4ccccc4C3)cc2o1. The lowest BCUT2D eigenvalue weighted by Gasteiger charge is -2.17. The quantitative estimate of drug-likeness (QED) is 0.758. The summed E-state index contributed by atoms with van der Waals surface area (Å²) in [7, 11) is 0. The van der Waals surface area contributed by atoms with Gasteiger partial charge in [-0.25, -0.2) is 4.79 Å². The summed E-state index contributed by atoms with van der Waals surface area (Å²) >= 11 is 0. The van der Waals surface area contributed by atoms with Crippen molar-refractivity contribution in [2.45, 2.75) is 18.9 Å². The molecule has 0 radical (unpaired) electrons. The van der Waals surface area contributed by atoms with Crippen LogP contribution in [0.1, 0.15) is 22.8 Å². The number of aliphatic hydroxyl groups is 1. The molecule has 106 valence electrons. The van der Waals surface area contributed by atoms with Crippen LogP contribution in [0.2, 0.25) is 0 Å². The highest BCUT2D eigenvalue weighted by Crippen LogP contribution is 2.35. The van der Waals surface area contributed by atoms with Crippen LogP contribution >= 0.6 is 0 Å². The zero-order chi connectivity index (χ0) is 14.4. The number of rotatable bonds is 2. The van der Waals surface area contributed by atoms with Gasteiger partial charge in [0.1, 0.15) is 0 Å². The lowest BCUT2D eigenvalue weighted by Crippen LogP contribution is -2.12. The first-order valence-corrected chi connectivity index (χ1v) is 7.08. The first kappa shape index (κ1) is 12.4. The summed E-state index contributed by atoms with van der Waals surface area (Å²) in [4.78, 5) is 13.8. The molecule has 0 saturated heterocycles. The van der Waals surface area contributed by atoms with Gasteiger partial charge in [0.2, 0.25) is 0 Å². The van der Waals surface area contributed by atoms with Crippen LogP contribution in [-0.2, 0) is 12.8 Å². The van der Waals surface area contributed by atoms with Crippen molar-refractivity contribution in [3.05, 3.63) is 69.7 Å². The van der Waals surface area contributed by atoms with Crippen molar-refractivity contribution < 1.29 is 9.52 Å². The van der Waals surface area contributed by atoms with Gasteiger partial charge in [0.25, 0.3) is 0 Å². The first-order chi connectivity index (χ1) is 10.2. The third kappa shape index (κ3) is 2.08. The Morgan fingerprint density at radius 3 is 2.57 bits per heavy atom. The number of nitrogens with one attached hydrogen (secondary N) is 1. The molecule has 4 heteroatoms. The van der Waals surface area contributed by atoms with Gasteiger partial charge in [-0.3, -0.25) is 4.98 Å². The maximum absolute atomic E-state index is 11.2. The molecule has 0 fully saturated rings. The van der Waals surface area contributed by atoms with Gasteiger partial charge in [0, 0.05) is 0 Å². The fraction of sp³-hybridized carbons (Fsp3) is 0.235. The second-order valence-corrected chi connectivity index (χ2v) is 5.65. The van der Waals surface area contributed by atoms with E-state index in [9.17, 15) is 9.90 Å². The Morgan fingerprint density at radius 2 is 1.86 bits per heavy atom. The second-order valence-electron chi connectivity index (χ2n) is 5.65. The lowest BCUT2D eigenvalue weighted by molar-refractivity contribution is 0.113. The maximum Gasteiger partial charge on any atom is 0.417 e. The van der Waals surface area contributed by atoms with Gasteiger partial charge in [-0.15, -0.1) is 0 Å². The van der Waals surface area contributed by atoms with Crippen molar-refractivity contribution in [2.75, 3.05) is 0 Å². The van der Waals surface area contributed by atoms with Crippen LogP contribution in [-0.4, -0.2) is 10.1 Å². The van der Waals surface area contributed by atoms with Gasteiger partial charge in [-0.1, -0.05) is 30.3 Å². The molecule has 1 aromatic heterocycles. The number of hydrogen-bond acceptors (Lipinski definition) is 3. The molecule has 0 saturated carbocycles. The van der Waals surface area contributed by atoms with E-state index in [1.54, 1.807) is 12.1 Å². The van der Waals surface area contributed by atoms with Gasteiger partial charge in [0.05, 0.1) is 11.6 Å². The van der Waals surface area contributed by atoms with Crippen molar-refractivity contribution >= 4 is 11.1 Å². The molecule has 21 heavy (non-hydrogen) atoms. The molecule has 0 aliphatic heterocycles. The summed E-state index contributed by atoms with van der Waals surface area (Å²) in [5.41, 5.74) is 4.58. The summed E-state index contributed by atoms with van der Waals surface area (Å²) < 4.78 is 5.06. The molecule has 1 aliphatic carbocycles. The fourth-order valence-corrected chi connectivity index (χ4v) is 3.23. The molecule has 1 atom stereocenters. The number of fused-ring (bicyclic) bond motifs is 2. The van der Waals surface area contributed by atoms with Crippen molar-refractivity contribution in [1.82, 2.24) is 4.98 Å². The molecule has 0 spiro atoms. The molecular weight excluding hydrogens is 266 g/mol. The Kier molecular flexibility index (Phi) is 2.72. The average molecular weight is 281 g/mol. The summed E-state index contributed by atoms with van der Waals surface area (Å²) in [5.74, 6) is -0.296. The largest absolute Gasteiger partial charge is 0.417 e. The molecule has 1 heterocycles. The van der Waals surface area contributed by atoms with Gasteiger partial charge in [0.15, 0.2) is 5.58 Å². The van der Waals surface area contributed by atoms with E-state index >= 15 is 0 Å². The monoisotopic (exact) mass is 281 g/mol. The predicted octanol–water partition coefficient (Wildman–Crippen LogP) is 2.57. The van der Waals surface area contributed by atoms with E-state index in [1.165, 1.54) is 11.1 Å². The molecule has 2 aromatic carbocycles. The lowest BCUT2D eigenvalue weighted by atomic mass is 9.93. The molecule has 0 amide bonds. The van der Waals surface area contributed by atoms with Crippen LogP contribution in [0, 0.1) is 5.92 Å². The zero-order valence-electron chi connectivity index (χ0n) is 11.4. The van der Waals surface area contributed by atoms with E-state index in [4.69, 9.17) is 4.42 Å². The van der Waals surface area contributed by atoms with Gasteiger partial charge in [-0.2, -0.15) is 0 Å². The van der Waals surface area contributed by atoms with E-state index in [0.717, 1.165) is 18.4 Å². The Balaban J connectivity index is 1.65. The third-order valence-electron chi connectivity index (χ3n) is 4.32. The van der Waals surface area contributed by atoms with E-state index in [0.29, 0.717) is 11.1 Å². The number of hydrogen-bond donors (Lipinski definition) is 2. The summed E-state index contributed by atoms with van der Waals surface area (Å²) in [6, 6.07) is 13.7. The van der Waals surface area contributed by atoms with E-state index in [1.807, 2.05) is 18.2 Å². The molecule has 2 N–H and O–H groups in total. The minimum atomic E-state index is -0.554. The zero-order valence-corrected chi connectivity index (χ0v) is 11.4. The Labute approximate surface area is 121 Å². The van der Waals surface area contributed by atoms with Crippen LogP contribution in [0.4, 0.5) is 0 Å². The minimum absolute atomic E-state index is 0.172. The number of aromatic amines is 1. The summed E-state index contributed by atoms with van der Waals surface area (Å²) in [6.07, 6.45) is 1.21. The molecule has 4 nitrogen and oxygen atoms in total. The number of benzene rings is 2. The van der Waals surface area contributed by atoms with Gasteiger partial charge >= 0.3 is 5.76 Å². The molecular formula is C17H15NO3. The first-order valence-electron chi connectivity index (χ1n) is 7.08. The fourth-order valence-electron chi connectivity index (χ4n) is 3.23. The van der Waals surface area contributed by atoms with Crippen molar-refractivity contribution in [2.24, 2.45) is 5.92 Å². The topological polar surface area (TPSA) is 66.2 Å². The smallest absolute Gasteiger partial charge is 0.408 e. The summed E-state index contributed by atoms with van der Waals surface area (Å²) in [5, 5.41) is 10.6. The molecule has 1 unspecified atom stereocenters. The van der Waals surface area contributed by atoms with Crippen molar-refractivity contribution in [3.63, 3.8) is 0 Å². The molecule has 4 rings (SSSR count). The van der Waals surface area contributed by atoms with Gasteiger partial charge in [-0.05, 0) is 47.6 Å². The number of H-pyrrole nitrogens is 1. The highest BCUT2D eigenvalue weighted by molar-refractivity contribution is 5.72. The molecule has 0 bridgehead atoms. The average Bonchev–Trinajstić information content (AvgIpc) is 3.07. The summed E-state index contributed by atoms with van der Waals surface area (Å²) in [6.45, 7) is 0. The minimum Gasteiger partial charge on any atom is -0.408 e. The van der Waals surface area contributed by atoms with Crippen molar-refractivity contribution in [1.29, 1.82) is 0 Å². The Bertz CT molecular complexity index is 837. The Morgan fingerprint density at radius 1 is 1.14 bits per heavy atom. The number of aliphatic hydroxyl groups excluding tert-OH is 1. The van der Waals surface area contributed by atoms with Crippen LogP contribution in [0.3, 0.4) is 0 Å². The highest BCUT2D eigenvalue weighted by Gasteiger charge is 2.28. The normalized spacial score (nSPS) is 16.2. The van der Waals surface area contributed by atoms with E-state index in [-0.39, 0.29) is 5.92 Å². The predicted molar refractivity (Wildman–Crippen MR) is 79.1 cm³/mol. The standard InChI is InChI=1S/C17H15NO3/c19-16(13-7-10-3-1-2-4-11(10)8-13)12-5-6-14-15(9-12)21-17(20)18-14/h1-6,9,13,16,19H,7-8H2,(H,18,20). The third-order valence-corrected chi connectivity index (χ3v) is 4.32. The number of aromatic nitrogens is 1. The van der Waals surface area contributed by atoms with Crippen LogP contribution in [0.15, 0.2) is 51.7 Å². The second kappa shape index (κ2) is 4.60. The van der Waals surface area contributed by atoms with Crippen molar-refractivity contribution in [3.8, 4) is 0 Å². The number of oxazole rings is 1. The van der Waals surface area contributed by atoms with Crippen LogP contribution < -0.4 is 5.76 Å². The molecule has 3 aromatic rings. The van der Waals surface area contributed by atoms with Gasteiger partial charge < -0.3 is 9.52 Å². The molecule has 1 aliphatic rings. The van der Waals surface area contributed by atoms with Crippen LogP contribution in [0.25, 0.3) is 11.1 Å². The highest BCUT2D eigenvalue weighted by atomic mass is 16.4.